The van der Waals surface area contributed by atoms with E-state index < -0.39 is 5.60 Å². The van der Waals surface area contributed by atoms with Gasteiger partial charge in [0.25, 0.3) is 0 Å². The van der Waals surface area contributed by atoms with Crippen molar-refractivity contribution in [3.05, 3.63) is 24.3 Å². The molecule has 1 amide bonds. The molecule has 0 radical (unpaired) electrons. The van der Waals surface area contributed by atoms with Crippen molar-refractivity contribution in [3.8, 4) is 5.75 Å². The number of hydrogen-bond donors (Lipinski definition) is 2. The fraction of sp³-hybridized carbons (Fsp3) is 0.562. The lowest BCUT2D eigenvalue weighted by Gasteiger charge is -2.28. The molecule has 0 aromatic heterocycles. The summed E-state index contributed by atoms with van der Waals surface area (Å²) < 4.78 is 5.44. The number of nitrogens with one attached hydrogen (secondary N) is 1. The zero-order valence-electron chi connectivity index (χ0n) is 12.9. The average molecular weight is 292 g/mol. The molecule has 116 valence electrons. The SMILES string of the molecule is CC(C)(C)OC(=O)N1CCCC1CNc1cccc(O)c1. The molecule has 5 heteroatoms. The van der Waals surface area contributed by atoms with E-state index in [2.05, 4.69) is 5.32 Å². The van der Waals surface area contributed by atoms with E-state index in [9.17, 15) is 9.90 Å². The molecule has 0 bridgehead atoms. The summed E-state index contributed by atoms with van der Waals surface area (Å²) in [5, 5.41) is 12.7. The van der Waals surface area contributed by atoms with Gasteiger partial charge in [0.1, 0.15) is 11.4 Å². The van der Waals surface area contributed by atoms with Crippen LogP contribution >= 0.6 is 0 Å². The molecule has 2 rings (SSSR count). The first-order valence-corrected chi connectivity index (χ1v) is 7.38. The number of carbonyl (C=O) groups is 1. The maximum Gasteiger partial charge on any atom is 0.410 e. The number of anilines is 1. The lowest BCUT2D eigenvalue weighted by Crippen LogP contribution is -2.42. The minimum Gasteiger partial charge on any atom is -0.508 e. The number of carbonyl (C=O) groups excluding carboxylic acids is 1. The molecule has 1 aliphatic heterocycles. The van der Waals surface area contributed by atoms with E-state index >= 15 is 0 Å². The first-order chi connectivity index (χ1) is 9.85. The Hall–Kier alpha value is -1.91. The Balaban J connectivity index is 1.91. The van der Waals surface area contributed by atoms with Crippen molar-refractivity contribution in [2.75, 3.05) is 18.4 Å². The summed E-state index contributed by atoms with van der Waals surface area (Å²) >= 11 is 0. The number of phenols is 1. The van der Waals surface area contributed by atoms with E-state index in [1.54, 1.807) is 23.1 Å². The molecule has 1 aliphatic rings. The van der Waals surface area contributed by atoms with Gasteiger partial charge in [-0.25, -0.2) is 4.79 Å². The molecule has 1 atom stereocenters. The van der Waals surface area contributed by atoms with Gasteiger partial charge in [0, 0.05) is 24.8 Å². The predicted molar refractivity (Wildman–Crippen MR) is 82.6 cm³/mol. The molecule has 1 saturated heterocycles. The molecule has 1 heterocycles. The highest BCUT2D eigenvalue weighted by atomic mass is 16.6. The average Bonchev–Trinajstić information content (AvgIpc) is 2.83. The van der Waals surface area contributed by atoms with Gasteiger partial charge in [0.15, 0.2) is 0 Å². The maximum atomic E-state index is 12.2. The maximum absolute atomic E-state index is 12.2. The summed E-state index contributed by atoms with van der Waals surface area (Å²) in [5.41, 5.74) is 0.383. The molecular weight excluding hydrogens is 268 g/mol. The minimum atomic E-state index is -0.469. The van der Waals surface area contributed by atoms with Gasteiger partial charge in [-0.15, -0.1) is 0 Å². The fourth-order valence-electron chi connectivity index (χ4n) is 2.46. The van der Waals surface area contributed by atoms with E-state index in [0.29, 0.717) is 6.54 Å². The number of likely N-dealkylation sites (tertiary alicyclic amines) is 1. The normalized spacial score (nSPS) is 18.6. The predicted octanol–water partition coefficient (Wildman–Crippen LogP) is 3.20. The Labute approximate surface area is 125 Å². The molecule has 1 unspecified atom stereocenters. The van der Waals surface area contributed by atoms with E-state index in [1.165, 1.54) is 0 Å². The Bertz CT molecular complexity index is 497. The molecule has 1 fully saturated rings. The Kier molecular flexibility index (Phi) is 4.60. The molecule has 0 aliphatic carbocycles. The van der Waals surface area contributed by atoms with Crippen molar-refractivity contribution in [2.45, 2.75) is 45.3 Å². The second-order valence-corrected chi connectivity index (χ2v) is 6.40. The lowest BCUT2D eigenvalue weighted by molar-refractivity contribution is 0.0235. The second kappa shape index (κ2) is 6.24. The summed E-state index contributed by atoms with van der Waals surface area (Å²) in [6.45, 7) is 7.02. The molecule has 0 spiro atoms. The Morgan fingerprint density at radius 2 is 2.24 bits per heavy atom. The van der Waals surface area contributed by atoms with E-state index in [0.717, 1.165) is 25.1 Å². The van der Waals surface area contributed by atoms with Gasteiger partial charge < -0.3 is 20.1 Å². The highest BCUT2D eigenvalue weighted by molar-refractivity contribution is 5.69. The van der Waals surface area contributed by atoms with Gasteiger partial charge in [-0.2, -0.15) is 0 Å². The summed E-state index contributed by atoms with van der Waals surface area (Å²) in [6.07, 6.45) is 1.71. The largest absolute Gasteiger partial charge is 0.508 e. The van der Waals surface area contributed by atoms with Gasteiger partial charge in [0.2, 0.25) is 0 Å². The highest BCUT2D eigenvalue weighted by Gasteiger charge is 2.31. The van der Waals surface area contributed by atoms with Gasteiger partial charge in [0.05, 0.1) is 6.04 Å². The van der Waals surface area contributed by atoms with Crippen LogP contribution in [0, 0.1) is 0 Å². The summed E-state index contributed by atoms with van der Waals surface area (Å²) in [6, 6.07) is 7.12. The number of phenolic OH excluding ortho intramolecular Hbond substituents is 1. The summed E-state index contributed by atoms with van der Waals surface area (Å²) in [5.74, 6) is 0.232. The number of rotatable bonds is 3. The van der Waals surface area contributed by atoms with Crippen LogP contribution in [0.15, 0.2) is 24.3 Å². The van der Waals surface area contributed by atoms with Crippen LogP contribution in [0.4, 0.5) is 10.5 Å². The van der Waals surface area contributed by atoms with Crippen LogP contribution < -0.4 is 5.32 Å². The third-order valence-corrected chi connectivity index (χ3v) is 3.39. The number of benzene rings is 1. The Morgan fingerprint density at radius 3 is 2.90 bits per heavy atom. The van der Waals surface area contributed by atoms with Crippen LogP contribution in [0.5, 0.6) is 5.75 Å². The summed E-state index contributed by atoms with van der Waals surface area (Å²) in [4.78, 5) is 14.0. The Morgan fingerprint density at radius 1 is 1.48 bits per heavy atom. The van der Waals surface area contributed by atoms with Crippen molar-refractivity contribution in [1.29, 1.82) is 0 Å². The monoisotopic (exact) mass is 292 g/mol. The smallest absolute Gasteiger partial charge is 0.410 e. The molecule has 1 aromatic carbocycles. The van der Waals surface area contributed by atoms with Gasteiger partial charge in [-0.05, 0) is 45.7 Å². The third-order valence-electron chi connectivity index (χ3n) is 3.39. The van der Waals surface area contributed by atoms with Crippen molar-refractivity contribution in [3.63, 3.8) is 0 Å². The first kappa shape index (κ1) is 15.5. The summed E-state index contributed by atoms with van der Waals surface area (Å²) in [7, 11) is 0. The van der Waals surface area contributed by atoms with Crippen LogP contribution in [0.25, 0.3) is 0 Å². The van der Waals surface area contributed by atoms with Crippen LogP contribution in [0.2, 0.25) is 0 Å². The zero-order chi connectivity index (χ0) is 15.5. The van der Waals surface area contributed by atoms with E-state index in [-0.39, 0.29) is 17.9 Å². The second-order valence-electron chi connectivity index (χ2n) is 6.40. The van der Waals surface area contributed by atoms with Crippen LogP contribution in [0.3, 0.4) is 0 Å². The topological polar surface area (TPSA) is 61.8 Å². The highest BCUT2D eigenvalue weighted by Crippen LogP contribution is 2.22. The van der Waals surface area contributed by atoms with Gasteiger partial charge in [-0.3, -0.25) is 0 Å². The fourth-order valence-corrected chi connectivity index (χ4v) is 2.46. The standard InChI is InChI=1S/C16H24N2O3/c1-16(2,3)21-15(20)18-9-5-7-13(18)11-17-12-6-4-8-14(19)10-12/h4,6,8,10,13,17,19H,5,7,9,11H2,1-3H3. The van der Waals surface area contributed by atoms with E-state index in [1.807, 2.05) is 26.8 Å². The number of ether oxygens (including phenoxy) is 1. The van der Waals surface area contributed by atoms with Crippen molar-refractivity contribution in [1.82, 2.24) is 4.90 Å². The number of nitrogens with zero attached hydrogens (tertiary/aromatic N) is 1. The minimum absolute atomic E-state index is 0.127. The molecular formula is C16H24N2O3. The first-order valence-electron chi connectivity index (χ1n) is 7.38. The third kappa shape index (κ3) is 4.55. The lowest BCUT2D eigenvalue weighted by atomic mass is 10.2. The van der Waals surface area contributed by atoms with Crippen molar-refractivity contribution < 1.29 is 14.6 Å². The van der Waals surface area contributed by atoms with Crippen LogP contribution in [0.1, 0.15) is 33.6 Å². The number of aromatic hydroxyl groups is 1. The van der Waals surface area contributed by atoms with Crippen molar-refractivity contribution >= 4 is 11.8 Å². The molecule has 21 heavy (non-hydrogen) atoms. The molecule has 1 aromatic rings. The molecule has 0 saturated carbocycles. The number of amides is 1. The number of hydrogen-bond acceptors (Lipinski definition) is 4. The molecule has 5 nitrogen and oxygen atoms in total. The van der Waals surface area contributed by atoms with Crippen molar-refractivity contribution in [2.24, 2.45) is 0 Å². The zero-order valence-corrected chi connectivity index (χ0v) is 12.9. The van der Waals surface area contributed by atoms with Crippen LogP contribution in [-0.2, 0) is 4.74 Å². The molecule has 2 N–H and O–H groups in total. The quantitative estimate of drug-likeness (QED) is 0.898. The van der Waals surface area contributed by atoms with Gasteiger partial charge in [-0.1, -0.05) is 6.07 Å². The van der Waals surface area contributed by atoms with Crippen LogP contribution in [-0.4, -0.2) is 40.8 Å². The van der Waals surface area contributed by atoms with E-state index in [4.69, 9.17) is 4.74 Å². The van der Waals surface area contributed by atoms with Gasteiger partial charge >= 0.3 is 6.09 Å².